The van der Waals surface area contributed by atoms with Gasteiger partial charge in [0, 0.05) is 27.8 Å². The zero-order valence-corrected chi connectivity index (χ0v) is 13.3. The third-order valence-corrected chi connectivity index (χ3v) is 4.13. The number of nitrogens with two attached hydrogens (primary N) is 1. The van der Waals surface area contributed by atoms with Gasteiger partial charge in [-0.15, -0.1) is 0 Å². The number of carbonyl (C=O) groups is 2. The molecule has 0 heterocycles. The van der Waals surface area contributed by atoms with E-state index in [1.165, 1.54) is 11.8 Å². The first-order valence-corrected chi connectivity index (χ1v) is 7.84. The Bertz CT molecular complexity index is 677. The first-order valence-electron chi connectivity index (χ1n) is 6.65. The molecule has 0 unspecified atom stereocenters. The van der Waals surface area contributed by atoms with Crippen LogP contribution in [0.1, 0.15) is 16.8 Å². The van der Waals surface area contributed by atoms with Crippen LogP contribution < -0.4 is 11.1 Å². The Labute approximate surface area is 138 Å². The molecule has 0 saturated heterocycles. The second kappa shape index (κ2) is 7.87. The second-order valence-corrected chi connectivity index (χ2v) is 6.08. The molecular formula is C16H15ClN2O2S. The zero-order chi connectivity index (χ0) is 15.9. The molecule has 0 spiro atoms. The molecule has 2 aromatic rings. The third kappa shape index (κ3) is 4.79. The summed E-state index contributed by atoms with van der Waals surface area (Å²) in [6.07, 6.45) is 0.105. The third-order valence-electron chi connectivity index (χ3n) is 2.81. The summed E-state index contributed by atoms with van der Waals surface area (Å²) in [6.45, 7) is 0.204. The number of primary amides is 1. The fourth-order valence-corrected chi connectivity index (χ4v) is 2.90. The highest BCUT2D eigenvalue weighted by atomic mass is 35.5. The Hall–Kier alpha value is -1.98. The number of rotatable bonds is 6. The molecule has 0 aliphatic carbocycles. The number of amides is 2. The van der Waals surface area contributed by atoms with E-state index >= 15 is 0 Å². The Morgan fingerprint density at radius 2 is 1.86 bits per heavy atom. The van der Waals surface area contributed by atoms with Gasteiger partial charge in [-0.25, -0.2) is 0 Å². The number of nitrogens with one attached hydrogen (secondary N) is 1. The molecule has 0 fully saturated rings. The molecule has 6 heteroatoms. The van der Waals surface area contributed by atoms with Crippen molar-refractivity contribution in [1.29, 1.82) is 0 Å². The van der Waals surface area contributed by atoms with Gasteiger partial charge in [-0.3, -0.25) is 9.59 Å². The van der Waals surface area contributed by atoms with Gasteiger partial charge in [0.2, 0.25) is 5.91 Å². The standard InChI is InChI=1S/C16H15ClN2O2S/c17-11-6-7-14(22-12-4-2-1-3-5-12)13(10-11)16(21)19-9-8-15(18)20/h1-7,10H,8-9H2,(H2,18,20)(H,19,21). The number of carbonyl (C=O) groups excluding carboxylic acids is 2. The molecule has 0 atom stereocenters. The first kappa shape index (κ1) is 16.4. The molecule has 22 heavy (non-hydrogen) atoms. The topological polar surface area (TPSA) is 72.2 Å². The SMILES string of the molecule is NC(=O)CCNC(=O)c1cc(Cl)ccc1Sc1ccccc1. The lowest BCUT2D eigenvalue weighted by Crippen LogP contribution is -2.28. The zero-order valence-electron chi connectivity index (χ0n) is 11.7. The van der Waals surface area contributed by atoms with E-state index in [0.717, 1.165) is 9.79 Å². The summed E-state index contributed by atoms with van der Waals surface area (Å²) in [7, 11) is 0. The van der Waals surface area contributed by atoms with Crippen molar-refractivity contribution in [3.8, 4) is 0 Å². The Kier molecular flexibility index (Phi) is 5.86. The van der Waals surface area contributed by atoms with Gasteiger partial charge in [0.05, 0.1) is 5.56 Å². The summed E-state index contributed by atoms with van der Waals surface area (Å²) in [5.74, 6) is -0.729. The van der Waals surface area contributed by atoms with Crippen LogP contribution in [0.4, 0.5) is 0 Å². The summed E-state index contributed by atoms with van der Waals surface area (Å²) in [5, 5.41) is 3.16. The van der Waals surface area contributed by atoms with Crippen molar-refractivity contribution >= 4 is 35.2 Å². The van der Waals surface area contributed by atoms with Crippen molar-refractivity contribution < 1.29 is 9.59 Å². The van der Waals surface area contributed by atoms with Crippen LogP contribution in [-0.4, -0.2) is 18.4 Å². The van der Waals surface area contributed by atoms with Crippen molar-refractivity contribution in [1.82, 2.24) is 5.32 Å². The average molecular weight is 335 g/mol. The molecule has 2 rings (SSSR count). The molecular weight excluding hydrogens is 320 g/mol. The summed E-state index contributed by atoms with van der Waals surface area (Å²) in [4.78, 5) is 24.8. The van der Waals surface area contributed by atoms with Gasteiger partial charge >= 0.3 is 0 Å². The summed E-state index contributed by atoms with van der Waals surface area (Å²) in [6, 6.07) is 14.9. The summed E-state index contributed by atoms with van der Waals surface area (Å²) in [5.41, 5.74) is 5.54. The summed E-state index contributed by atoms with van der Waals surface area (Å²) >= 11 is 7.46. The van der Waals surface area contributed by atoms with Crippen LogP contribution in [0.15, 0.2) is 58.3 Å². The Balaban J connectivity index is 2.16. The van der Waals surface area contributed by atoms with Crippen LogP contribution in [0.3, 0.4) is 0 Å². The molecule has 4 nitrogen and oxygen atoms in total. The minimum Gasteiger partial charge on any atom is -0.370 e. The molecule has 114 valence electrons. The van der Waals surface area contributed by atoms with E-state index in [0.29, 0.717) is 10.6 Å². The predicted octanol–water partition coefficient (Wildman–Crippen LogP) is 3.10. The fraction of sp³-hybridized carbons (Fsp3) is 0.125. The van der Waals surface area contributed by atoms with Gasteiger partial charge in [-0.05, 0) is 30.3 Å². The van der Waals surface area contributed by atoms with Crippen LogP contribution in [0.2, 0.25) is 5.02 Å². The summed E-state index contributed by atoms with van der Waals surface area (Å²) < 4.78 is 0. The number of benzene rings is 2. The molecule has 0 aromatic heterocycles. The lowest BCUT2D eigenvalue weighted by molar-refractivity contribution is -0.117. The molecule has 0 aliphatic rings. The van der Waals surface area contributed by atoms with Crippen LogP contribution >= 0.6 is 23.4 Å². The molecule has 0 saturated carbocycles. The van der Waals surface area contributed by atoms with Crippen molar-refractivity contribution in [3.05, 3.63) is 59.1 Å². The maximum absolute atomic E-state index is 12.3. The van der Waals surface area contributed by atoms with Crippen molar-refractivity contribution in [2.75, 3.05) is 6.54 Å². The van der Waals surface area contributed by atoms with Crippen molar-refractivity contribution in [3.63, 3.8) is 0 Å². The molecule has 0 bridgehead atoms. The van der Waals surface area contributed by atoms with Crippen LogP contribution in [0, 0.1) is 0 Å². The highest BCUT2D eigenvalue weighted by Gasteiger charge is 2.13. The van der Waals surface area contributed by atoms with Crippen molar-refractivity contribution in [2.45, 2.75) is 16.2 Å². The maximum atomic E-state index is 12.3. The molecule has 0 aliphatic heterocycles. The van der Waals surface area contributed by atoms with Crippen LogP contribution in [0.25, 0.3) is 0 Å². The fourth-order valence-electron chi connectivity index (χ4n) is 1.78. The first-order chi connectivity index (χ1) is 10.6. The van der Waals surface area contributed by atoms with E-state index in [9.17, 15) is 9.59 Å². The Morgan fingerprint density at radius 3 is 2.55 bits per heavy atom. The number of hydrogen-bond donors (Lipinski definition) is 2. The van der Waals surface area contributed by atoms with Gasteiger partial charge in [-0.2, -0.15) is 0 Å². The largest absolute Gasteiger partial charge is 0.370 e. The van der Waals surface area contributed by atoms with Crippen LogP contribution in [0.5, 0.6) is 0 Å². The van der Waals surface area contributed by atoms with Crippen molar-refractivity contribution in [2.24, 2.45) is 5.73 Å². The lowest BCUT2D eigenvalue weighted by atomic mass is 10.2. The van der Waals surface area contributed by atoms with E-state index in [4.69, 9.17) is 17.3 Å². The minimum atomic E-state index is -0.453. The molecule has 3 N–H and O–H groups in total. The molecule has 0 radical (unpaired) electrons. The minimum absolute atomic E-state index is 0.105. The van der Waals surface area contributed by atoms with Gasteiger partial charge in [0.15, 0.2) is 0 Å². The smallest absolute Gasteiger partial charge is 0.252 e. The maximum Gasteiger partial charge on any atom is 0.252 e. The Morgan fingerprint density at radius 1 is 1.14 bits per heavy atom. The normalized spacial score (nSPS) is 10.2. The second-order valence-electron chi connectivity index (χ2n) is 4.53. The van der Waals surface area contributed by atoms with E-state index in [1.54, 1.807) is 12.1 Å². The predicted molar refractivity (Wildman–Crippen MR) is 88.2 cm³/mol. The number of hydrogen-bond acceptors (Lipinski definition) is 3. The highest BCUT2D eigenvalue weighted by molar-refractivity contribution is 7.99. The van der Waals surface area contributed by atoms with Crippen LogP contribution in [-0.2, 0) is 4.79 Å². The lowest BCUT2D eigenvalue weighted by Gasteiger charge is -2.10. The molecule has 2 aromatic carbocycles. The van der Waals surface area contributed by atoms with E-state index in [2.05, 4.69) is 5.32 Å². The van der Waals surface area contributed by atoms with E-state index < -0.39 is 5.91 Å². The molecule has 2 amide bonds. The highest BCUT2D eigenvalue weighted by Crippen LogP contribution is 2.31. The number of halogens is 1. The van der Waals surface area contributed by atoms with E-state index in [-0.39, 0.29) is 18.9 Å². The monoisotopic (exact) mass is 334 g/mol. The quantitative estimate of drug-likeness (QED) is 0.852. The van der Waals surface area contributed by atoms with E-state index in [1.807, 2.05) is 36.4 Å². The van der Waals surface area contributed by atoms with Gasteiger partial charge < -0.3 is 11.1 Å². The van der Waals surface area contributed by atoms with Gasteiger partial charge in [-0.1, -0.05) is 41.6 Å². The van der Waals surface area contributed by atoms with Gasteiger partial charge in [0.25, 0.3) is 5.91 Å². The average Bonchev–Trinajstić information content (AvgIpc) is 2.49. The van der Waals surface area contributed by atoms with Gasteiger partial charge in [0.1, 0.15) is 0 Å².